The fourth-order valence-electron chi connectivity index (χ4n) is 5.12. The first kappa shape index (κ1) is 26.1. The number of amides is 2. The van der Waals surface area contributed by atoms with E-state index >= 15 is 0 Å². The molecule has 2 aliphatic heterocycles. The third kappa shape index (κ3) is 4.95. The average molecular weight is 559 g/mol. The zero-order chi connectivity index (χ0) is 27.8. The molecule has 2 saturated heterocycles. The van der Waals surface area contributed by atoms with Crippen molar-refractivity contribution in [1.29, 1.82) is 0 Å². The van der Waals surface area contributed by atoms with Crippen LogP contribution in [0.25, 0.3) is 32.0 Å². The molecule has 4 aromatic rings. The number of nitrogen functional groups attached to an aromatic ring is 1. The fourth-order valence-corrected chi connectivity index (χ4v) is 6.38. The molecule has 40 heavy (non-hydrogen) atoms. The summed E-state index contributed by atoms with van der Waals surface area (Å²) in [6, 6.07) is 7.75. The van der Waals surface area contributed by atoms with Crippen LogP contribution in [0.3, 0.4) is 0 Å². The standard InChI is InChI=1S/C28H30N8O3S/c1-17-22-24(26(35-10-12-39-13-11-35)33-25(32-22)21-15-30-28(29)31-16-21)40-23(17)19-4-3-5-20(14-19)27(38)36-8-6-34(7-9-36)18(2)37/h3-5,14-16H,6-13H2,1-2H3,(H2,29,30,31). The number of morpholine rings is 1. The number of hydrogen-bond acceptors (Lipinski definition) is 10. The first-order valence-corrected chi connectivity index (χ1v) is 14.1. The molecule has 5 heterocycles. The minimum atomic E-state index is -0.0248. The van der Waals surface area contributed by atoms with Gasteiger partial charge < -0.3 is 25.2 Å². The van der Waals surface area contributed by atoms with E-state index in [0.717, 1.165) is 45.1 Å². The van der Waals surface area contributed by atoms with Gasteiger partial charge >= 0.3 is 0 Å². The van der Waals surface area contributed by atoms with Gasteiger partial charge in [0.25, 0.3) is 5.91 Å². The van der Waals surface area contributed by atoms with Gasteiger partial charge in [-0.3, -0.25) is 9.59 Å². The van der Waals surface area contributed by atoms with Crippen molar-refractivity contribution < 1.29 is 14.3 Å². The number of piperazine rings is 1. The predicted molar refractivity (Wildman–Crippen MR) is 154 cm³/mol. The van der Waals surface area contributed by atoms with E-state index in [1.54, 1.807) is 35.6 Å². The number of fused-ring (bicyclic) bond motifs is 1. The van der Waals surface area contributed by atoms with Crippen LogP contribution in [0.5, 0.6) is 0 Å². The molecule has 2 aliphatic rings. The van der Waals surface area contributed by atoms with Crippen LogP contribution in [0.4, 0.5) is 11.8 Å². The van der Waals surface area contributed by atoms with Gasteiger partial charge in [0.2, 0.25) is 11.9 Å². The van der Waals surface area contributed by atoms with Crippen molar-refractivity contribution in [1.82, 2.24) is 29.7 Å². The molecule has 2 N–H and O–H groups in total. The fraction of sp³-hybridized carbons (Fsp3) is 0.357. The molecule has 0 saturated carbocycles. The van der Waals surface area contributed by atoms with Crippen LogP contribution < -0.4 is 10.6 Å². The highest BCUT2D eigenvalue weighted by Gasteiger charge is 2.25. The maximum absolute atomic E-state index is 13.4. The number of carbonyl (C=O) groups excluding carboxylic acids is 2. The van der Waals surface area contributed by atoms with E-state index in [1.807, 2.05) is 29.2 Å². The second-order valence-corrected chi connectivity index (χ2v) is 10.9. The Kier molecular flexibility index (Phi) is 7.03. The largest absolute Gasteiger partial charge is 0.378 e. The summed E-state index contributed by atoms with van der Waals surface area (Å²) in [5, 5.41) is 0. The molecule has 0 spiro atoms. The first-order chi connectivity index (χ1) is 19.4. The topological polar surface area (TPSA) is 131 Å². The van der Waals surface area contributed by atoms with E-state index in [0.29, 0.717) is 56.3 Å². The number of ether oxygens (including phenoxy) is 1. The number of aromatic nitrogens is 4. The molecule has 0 atom stereocenters. The van der Waals surface area contributed by atoms with Gasteiger partial charge in [0.05, 0.1) is 29.0 Å². The van der Waals surface area contributed by atoms with Gasteiger partial charge in [-0.25, -0.2) is 19.9 Å². The van der Waals surface area contributed by atoms with Crippen LogP contribution in [-0.2, 0) is 9.53 Å². The molecule has 206 valence electrons. The lowest BCUT2D eigenvalue weighted by Crippen LogP contribution is -2.50. The third-order valence-electron chi connectivity index (χ3n) is 7.37. The number of aryl methyl sites for hydroxylation is 1. The molecule has 2 amide bonds. The summed E-state index contributed by atoms with van der Waals surface area (Å²) in [6.45, 7) is 8.52. The van der Waals surface area contributed by atoms with Gasteiger partial charge in [0.15, 0.2) is 11.6 Å². The van der Waals surface area contributed by atoms with Crippen LogP contribution in [0.2, 0.25) is 0 Å². The Morgan fingerprint density at radius 2 is 1.65 bits per heavy atom. The smallest absolute Gasteiger partial charge is 0.253 e. The first-order valence-electron chi connectivity index (χ1n) is 13.3. The molecule has 2 fully saturated rings. The minimum Gasteiger partial charge on any atom is -0.378 e. The van der Waals surface area contributed by atoms with Crippen molar-refractivity contribution in [3.8, 4) is 21.8 Å². The predicted octanol–water partition coefficient (Wildman–Crippen LogP) is 2.85. The number of nitrogens with zero attached hydrogens (tertiary/aromatic N) is 7. The van der Waals surface area contributed by atoms with E-state index in [4.69, 9.17) is 20.4 Å². The minimum absolute atomic E-state index is 0.0248. The Bertz CT molecular complexity index is 1570. The Morgan fingerprint density at radius 1 is 0.950 bits per heavy atom. The molecule has 0 bridgehead atoms. The summed E-state index contributed by atoms with van der Waals surface area (Å²) < 4.78 is 6.58. The zero-order valence-corrected chi connectivity index (χ0v) is 23.3. The Balaban J connectivity index is 1.38. The molecular formula is C28H30N8O3S. The quantitative estimate of drug-likeness (QED) is 0.402. The average Bonchev–Trinajstić information content (AvgIpc) is 3.33. The van der Waals surface area contributed by atoms with E-state index in [1.165, 1.54) is 0 Å². The molecule has 0 aliphatic carbocycles. The second kappa shape index (κ2) is 10.8. The summed E-state index contributed by atoms with van der Waals surface area (Å²) in [6.07, 6.45) is 3.28. The van der Waals surface area contributed by atoms with Crippen molar-refractivity contribution in [2.24, 2.45) is 0 Å². The third-order valence-corrected chi connectivity index (χ3v) is 8.70. The number of rotatable bonds is 4. The van der Waals surface area contributed by atoms with Crippen LogP contribution in [0, 0.1) is 6.92 Å². The lowest BCUT2D eigenvalue weighted by Gasteiger charge is -2.34. The molecular weight excluding hydrogens is 528 g/mol. The van der Waals surface area contributed by atoms with Gasteiger partial charge in [-0.15, -0.1) is 11.3 Å². The van der Waals surface area contributed by atoms with Crippen molar-refractivity contribution in [2.75, 3.05) is 63.1 Å². The van der Waals surface area contributed by atoms with Gasteiger partial charge in [-0.05, 0) is 30.2 Å². The second-order valence-electron chi connectivity index (χ2n) is 9.91. The molecule has 0 unspecified atom stereocenters. The number of anilines is 2. The summed E-state index contributed by atoms with van der Waals surface area (Å²) in [5.74, 6) is 1.61. The van der Waals surface area contributed by atoms with E-state index in [-0.39, 0.29) is 17.8 Å². The zero-order valence-electron chi connectivity index (χ0n) is 22.5. The summed E-state index contributed by atoms with van der Waals surface area (Å²) in [4.78, 5) is 50.1. The molecule has 11 nitrogen and oxygen atoms in total. The summed E-state index contributed by atoms with van der Waals surface area (Å²) >= 11 is 1.64. The van der Waals surface area contributed by atoms with Crippen molar-refractivity contribution in [2.45, 2.75) is 13.8 Å². The highest BCUT2D eigenvalue weighted by molar-refractivity contribution is 7.23. The van der Waals surface area contributed by atoms with Gasteiger partial charge in [0, 0.05) is 69.0 Å². The highest BCUT2D eigenvalue weighted by Crippen LogP contribution is 2.42. The normalized spacial score (nSPS) is 16.0. The van der Waals surface area contributed by atoms with Crippen molar-refractivity contribution in [3.05, 3.63) is 47.8 Å². The maximum atomic E-state index is 13.4. The Morgan fingerprint density at radius 3 is 2.35 bits per heavy atom. The molecule has 0 radical (unpaired) electrons. The van der Waals surface area contributed by atoms with E-state index < -0.39 is 0 Å². The molecule has 12 heteroatoms. The lowest BCUT2D eigenvalue weighted by atomic mass is 10.1. The Hall–Kier alpha value is -4.16. The number of benzene rings is 1. The van der Waals surface area contributed by atoms with Crippen LogP contribution in [0.15, 0.2) is 36.7 Å². The number of carbonyl (C=O) groups is 2. The van der Waals surface area contributed by atoms with Crippen molar-refractivity contribution >= 4 is 45.1 Å². The van der Waals surface area contributed by atoms with Crippen LogP contribution >= 0.6 is 11.3 Å². The molecule has 3 aromatic heterocycles. The molecule has 1 aromatic carbocycles. The number of hydrogen-bond donors (Lipinski definition) is 1. The van der Waals surface area contributed by atoms with E-state index in [9.17, 15) is 9.59 Å². The summed E-state index contributed by atoms with van der Waals surface area (Å²) in [7, 11) is 0. The maximum Gasteiger partial charge on any atom is 0.253 e. The molecule has 6 rings (SSSR count). The van der Waals surface area contributed by atoms with Gasteiger partial charge in [0.1, 0.15) is 0 Å². The SMILES string of the molecule is CC(=O)N1CCN(C(=O)c2cccc(-c3sc4c(N5CCOCC5)nc(-c5cnc(N)nc5)nc4c3C)c2)CC1. The van der Waals surface area contributed by atoms with Crippen LogP contribution in [0.1, 0.15) is 22.8 Å². The highest BCUT2D eigenvalue weighted by atomic mass is 32.1. The Labute approximate surface area is 235 Å². The van der Waals surface area contributed by atoms with Gasteiger partial charge in [-0.1, -0.05) is 12.1 Å². The van der Waals surface area contributed by atoms with Crippen LogP contribution in [-0.4, -0.2) is 94.0 Å². The number of nitrogens with two attached hydrogens (primary N) is 1. The van der Waals surface area contributed by atoms with Gasteiger partial charge in [-0.2, -0.15) is 0 Å². The van der Waals surface area contributed by atoms with E-state index in [2.05, 4.69) is 21.8 Å². The van der Waals surface area contributed by atoms with Crippen molar-refractivity contribution in [3.63, 3.8) is 0 Å². The lowest BCUT2D eigenvalue weighted by molar-refractivity contribution is -0.130. The summed E-state index contributed by atoms with van der Waals surface area (Å²) in [5.41, 5.74) is 9.87. The number of thiophene rings is 1. The monoisotopic (exact) mass is 558 g/mol.